The van der Waals surface area contributed by atoms with Crippen molar-refractivity contribution >= 4 is 22.0 Å². The summed E-state index contributed by atoms with van der Waals surface area (Å²) in [4.78, 5) is 26.4. The molecule has 2 atom stereocenters. The Hall–Kier alpha value is -1.93. The summed E-state index contributed by atoms with van der Waals surface area (Å²) in [5.74, 6) is 5.90. The van der Waals surface area contributed by atoms with Crippen LogP contribution in [-0.4, -0.2) is 40.3 Å². The summed E-state index contributed by atoms with van der Waals surface area (Å²) in [6.45, 7) is 5.46. The number of fused-ring (bicyclic) bond motifs is 3. The number of hydrogen-bond acceptors (Lipinski definition) is 3. The van der Waals surface area contributed by atoms with Gasteiger partial charge < -0.3 is 4.74 Å². The van der Waals surface area contributed by atoms with Crippen LogP contribution in [0.5, 0.6) is 0 Å². The molecule has 0 aromatic heterocycles. The Labute approximate surface area is 156 Å². The fourth-order valence-electron chi connectivity index (χ4n) is 3.80. The Bertz CT molecular complexity index is 854. The smallest absolute Gasteiger partial charge is 0.417 e. The van der Waals surface area contributed by atoms with E-state index in [4.69, 9.17) is 4.74 Å². The van der Waals surface area contributed by atoms with Gasteiger partial charge in [0.1, 0.15) is 5.60 Å². The monoisotopic (exact) mass is 371 g/mol. The Morgan fingerprint density at radius 1 is 1.27 bits per heavy atom. The molecule has 4 nitrogen and oxygen atoms in total. The van der Waals surface area contributed by atoms with Crippen LogP contribution in [0.15, 0.2) is 18.2 Å². The second-order valence-electron chi connectivity index (χ2n) is 8.64. The van der Waals surface area contributed by atoms with Gasteiger partial charge in [0.15, 0.2) is 0 Å². The number of imide groups is 1. The molecule has 2 saturated heterocycles. The number of hydrogen-bond donors (Lipinski definition) is 0. The molecule has 0 bridgehead atoms. The quantitative estimate of drug-likeness (QED) is 0.514. The molecule has 26 heavy (non-hydrogen) atoms. The molecule has 0 spiro atoms. The fourth-order valence-corrected chi connectivity index (χ4v) is 5.36. The number of nitrogens with zero attached hydrogens (tertiary/aromatic N) is 1. The first kappa shape index (κ1) is 17.5. The van der Waals surface area contributed by atoms with Crippen molar-refractivity contribution in [2.45, 2.75) is 45.3 Å². The van der Waals surface area contributed by atoms with E-state index in [2.05, 4.69) is 23.5 Å². The lowest BCUT2D eigenvalue weighted by molar-refractivity contribution is -0.128. The van der Waals surface area contributed by atoms with E-state index in [-0.39, 0.29) is 17.9 Å². The maximum absolute atomic E-state index is 12.6. The topological polar surface area (TPSA) is 46.6 Å². The van der Waals surface area contributed by atoms with Crippen LogP contribution in [0.1, 0.15) is 49.9 Å². The predicted molar refractivity (Wildman–Crippen MR) is 104 cm³/mol. The first-order valence-electron chi connectivity index (χ1n) is 9.10. The highest BCUT2D eigenvalue weighted by molar-refractivity contribution is 8.42. The normalized spacial score (nSPS) is 26.5. The van der Waals surface area contributed by atoms with Crippen LogP contribution >= 0.6 is 10.0 Å². The van der Waals surface area contributed by atoms with Crippen LogP contribution in [0.3, 0.4) is 0 Å². The third-order valence-electron chi connectivity index (χ3n) is 5.27. The van der Waals surface area contributed by atoms with Gasteiger partial charge in [-0.1, -0.05) is 18.1 Å². The molecule has 2 aliphatic heterocycles. The zero-order valence-electron chi connectivity index (χ0n) is 15.8. The average Bonchev–Trinajstić information content (AvgIpc) is 3.02. The molecule has 0 N–H and O–H groups in total. The van der Waals surface area contributed by atoms with Gasteiger partial charge in [-0.25, -0.2) is 9.69 Å². The van der Waals surface area contributed by atoms with Crippen LogP contribution in [0.2, 0.25) is 0 Å². The number of carbonyl (C=O) groups is 2. The number of amides is 2. The molecule has 2 unspecified atom stereocenters. The van der Waals surface area contributed by atoms with Crippen molar-refractivity contribution in [3.8, 4) is 11.2 Å². The molecule has 1 aromatic rings. The molecular weight excluding hydrogens is 346 g/mol. The number of ether oxygens (including phenoxy) is 1. The predicted octanol–water partition coefficient (Wildman–Crippen LogP) is 3.82. The van der Waals surface area contributed by atoms with Gasteiger partial charge in [0.05, 0.1) is 6.04 Å². The highest BCUT2D eigenvalue weighted by Gasteiger charge is 2.50. The van der Waals surface area contributed by atoms with E-state index >= 15 is 0 Å². The van der Waals surface area contributed by atoms with E-state index in [1.54, 1.807) is 0 Å². The van der Waals surface area contributed by atoms with Gasteiger partial charge in [0.2, 0.25) is 5.91 Å². The molecule has 4 rings (SSSR count). The molecular formula is C21H25NO3S. The van der Waals surface area contributed by atoms with E-state index in [9.17, 15) is 9.59 Å². The van der Waals surface area contributed by atoms with Crippen LogP contribution < -0.4 is 0 Å². The summed E-state index contributed by atoms with van der Waals surface area (Å²) >= 11 is 0. The van der Waals surface area contributed by atoms with E-state index in [1.807, 2.05) is 32.9 Å². The van der Waals surface area contributed by atoms with Crippen LogP contribution in [0, 0.1) is 17.1 Å². The van der Waals surface area contributed by atoms with E-state index in [1.165, 1.54) is 22.0 Å². The number of carbonyl (C=O) groups excluding carboxylic acids is 2. The van der Waals surface area contributed by atoms with Gasteiger partial charge in [-0.15, -0.1) is 0 Å². The van der Waals surface area contributed by atoms with E-state index in [0.717, 1.165) is 17.5 Å². The van der Waals surface area contributed by atoms with Gasteiger partial charge >= 0.3 is 6.09 Å². The first-order chi connectivity index (χ1) is 12.2. The molecule has 0 saturated carbocycles. The van der Waals surface area contributed by atoms with Gasteiger partial charge in [-0.3, -0.25) is 4.79 Å². The average molecular weight is 372 g/mol. The van der Waals surface area contributed by atoms with Gasteiger partial charge in [0.25, 0.3) is 0 Å². The molecule has 138 valence electrons. The zero-order valence-corrected chi connectivity index (χ0v) is 16.6. The first-order valence-corrected chi connectivity index (χ1v) is 11.5. The molecule has 0 radical (unpaired) electrons. The van der Waals surface area contributed by atoms with Crippen molar-refractivity contribution in [2.24, 2.45) is 5.92 Å². The lowest BCUT2D eigenvalue weighted by Gasteiger charge is -2.27. The molecule has 1 aromatic carbocycles. The molecule has 2 amide bonds. The van der Waals surface area contributed by atoms with Crippen molar-refractivity contribution < 1.29 is 14.3 Å². The van der Waals surface area contributed by atoms with Crippen LogP contribution in [-0.2, 0) is 16.0 Å². The fraction of sp³-hybridized carbons (Fsp3) is 0.524. The molecule has 5 heteroatoms. The highest BCUT2D eigenvalue weighted by atomic mass is 32.3. The van der Waals surface area contributed by atoms with Gasteiger partial charge in [0, 0.05) is 12.0 Å². The third-order valence-corrected chi connectivity index (χ3v) is 7.49. The maximum atomic E-state index is 12.6. The van der Waals surface area contributed by atoms with Gasteiger partial charge in [-0.05, 0) is 73.3 Å². The largest absolute Gasteiger partial charge is 0.443 e. The summed E-state index contributed by atoms with van der Waals surface area (Å²) in [7, 11) is -0.661. The maximum Gasteiger partial charge on any atom is 0.417 e. The van der Waals surface area contributed by atoms with Crippen molar-refractivity contribution in [1.29, 1.82) is 0 Å². The Balaban J connectivity index is 1.67. The molecule has 1 aliphatic carbocycles. The number of rotatable bonds is 0. The number of benzene rings is 1. The summed E-state index contributed by atoms with van der Waals surface area (Å²) in [6.07, 6.45) is 2.95. The summed E-state index contributed by atoms with van der Waals surface area (Å²) in [5.41, 5.74) is 2.72. The highest BCUT2D eigenvalue weighted by Crippen LogP contribution is 2.57. The Morgan fingerprint density at radius 2 is 2.00 bits per heavy atom. The van der Waals surface area contributed by atoms with Crippen molar-refractivity contribution in [3.63, 3.8) is 0 Å². The minimum Gasteiger partial charge on any atom is -0.443 e. The van der Waals surface area contributed by atoms with Gasteiger partial charge in [-0.2, -0.15) is 10.0 Å². The molecule has 2 heterocycles. The summed E-state index contributed by atoms with van der Waals surface area (Å²) in [6, 6.07) is 5.88. The Morgan fingerprint density at radius 3 is 2.65 bits per heavy atom. The SMILES string of the molecule is CC(C)(C)OC(=O)N1C(=O)CC2Cc3c(C#CS4(C)CC4)cccc3C21. The van der Waals surface area contributed by atoms with Crippen molar-refractivity contribution in [3.05, 3.63) is 34.9 Å². The second-order valence-corrected chi connectivity index (χ2v) is 12.2. The minimum atomic E-state index is -0.661. The molecule has 3 aliphatic rings. The minimum absolute atomic E-state index is 0.133. The summed E-state index contributed by atoms with van der Waals surface area (Å²) < 4.78 is 5.49. The van der Waals surface area contributed by atoms with Crippen LogP contribution in [0.4, 0.5) is 4.79 Å². The van der Waals surface area contributed by atoms with E-state index < -0.39 is 21.7 Å². The Kier molecular flexibility index (Phi) is 3.89. The molecule has 2 fully saturated rings. The standard InChI is InChI=1S/C21H25NO3S/c1-21(2,3)25-20(24)22-18(23)13-15-12-17-14(8-9-26(4)10-11-26)6-5-7-16(17)19(15)22/h5-7,15,19H,10-13H2,1-4H3. The van der Waals surface area contributed by atoms with Crippen molar-refractivity contribution in [1.82, 2.24) is 4.90 Å². The number of likely N-dealkylation sites (tertiary alicyclic amines) is 1. The lowest BCUT2D eigenvalue weighted by Crippen LogP contribution is -2.39. The third kappa shape index (κ3) is 3.12. The van der Waals surface area contributed by atoms with E-state index in [0.29, 0.717) is 6.42 Å². The lowest BCUT2D eigenvalue weighted by atomic mass is 10.0. The second kappa shape index (κ2) is 5.79. The zero-order chi connectivity index (χ0) is 18.7. The summed E-state index contributed by atoms with van der Waals surface area (Å²) in [5, 5.41) is 3.48. The van der Waals surface area contributed by atoms with Crippen LogP contribution in [0.25, 0.3) is 0 Å². The van der Waals surface area contributed by atoms with Crippen molar-refractivity contribution in [2.75, 3.05) is 17.8 Å².